The lowest BCUT2D eigenvalue weighted by Gasteiger charge is -2.07. The van der Waals surface area contributed by atoms with Crippen molar-refractivity contribution in [3.05, 3.63) is 46.8 Å². The van der Waals surface area contributed by atoms with Gasteiger partial charge in [-0.15, -0.1) is 0 Å². The van der Waals surface area contributed by atoms with Crippen molar-refractivity contribution in [3.8, 4) is 0 Å². The lowest BCUT2D eigenvalue weighted by molar-refractivity contribution is -0.119. The Morgan fingerprint density at radius 3 is 2.50 bits per heavy atom. The van der Waals surface area contributed by atoms with Gasteiger partial charge in [0.2, 0.25) is 5.91 Å². The highest BCUT2D eigenvalue weighted by Crippen LogP contribution is 2.16. The van der Waals surface area contributed by atoms with Crippen LogP contribution >= 0.6 is 0 Å². The van der Waals surface area contributed by atoms with Gasteiger partial charge in [-0.3, -0.25) is 4.79 Å². The molecule has 0 radical (unpaired) electrons. The summed E-state index contributed by atoms with van der Waals surface area (Å²) in [6, 6.07) is 7.84. The fourth-order valence-electron chi connectivity index (χ4n) is 1.96. The molecular weight excluding hydrogens is 254 g/mol. The molecule has 2 rings (SSSR count). The van der Waals surface area contributed by atoms with Gasteiger partial charge in [-0.25, -0.2) is 0 Å². The molecule has 5 nitrogen and oxygen atoms in total. The summed E-state index contributed by atoms with van der Waals surface area (Å²) in [5.41, 5.74) is 3.99. The van der Waals surface area contributed by atoms with Gasteiger partial charge in [0.05, 0.1) is 12.1 Å². The van der Waals surface area contributed by atoms with E-state index in [2.05, 4.69) is 15.8 Å². The van der Waals surface area contributed by atoms with Crippen LogP contribution in [-0.2, 0) is 17.8 Å². The molecule has 1 amide bonds. The highest BCUT2D eigenvalue weighted by molar-refractivity contribution is 5.78. The number of anilines is 1. The van der Waals surface area contributed by atoms with E-state index in [9.17, 15) is 4.79 Å². The van der Waals surface area contributed by atoms with Crippen molar-refractivity contribution in [3.63, 3.8) is 0 Å². The van der Waals surface area contributed by atoms with E-state index >= 15 is 0 Å². The molecule has 5 heteroatoms. The lowest BCUT2D eigenvalue weighted by Crippen LogP contribution is -2.19. The molecule has 106 valence electrons. The summed E-state index contributed by atoms with van der Waals surface area (Å²) in [5.74, 6) is 0.854. The maximum absolute atomic E-state index is 11.3. The minimum absolute atomic E-state index is 0.0152. The summed E-state index contributed by atoms with van der Waals surface area (Å²) >= 11 is 0. The topological polar surface area (TPSA) is 67.2 Å². The van der Waals surface area contributed by atoms with Crippen molar-refractivity contribution < 1.29 is 9.32 Å². The summed E-state index contributed by atoms with van der Waals surface area (Å²) in [6.07, 6.45) is 0.403. The molecule has 0 unspecified atom stereocenters. The van der Waals surface area contributed by atoms with Gasteiger partial charge < -0.3 is 15.2 Å². The van der Waals surface area contributed by atoms with Crippen molar-refractivity contribution in [1.29, 1.82) is 0 Å². The molecule has 0 saturated carbocycles. The van der Waals surface area contributed by atoms with Gasteiger partial charge in [0.1, 0.15) is 5.76 Å². The monoisotopic (exact) mass is 273 g/mol. The standard InChI is InChI=1S/C15H19N3O2/c1-10-14(11(2)20-18-10)9-17-13-6-4-12(5-7-13)8-15(19)16-3/h4-7,17H,8-9H2,1-3H3,(H,16,19). The first-order valence-electron chi connectivity index (χ1n) is 6.55. The number of benzene rings is 1. The number of amides is 1. The predicted molar refractivity (Wildman–Crippen MR) is 77.5 cm³/mol. The van der Waals surface area contributed by atoms with Crippen LogP contribution < -0.4 is 10.6 Å². The number of aromatic nitrogens is 1. The average Bonchev–Trinajstić information content (AvgIpc) is 2.77. The van der Waals surface area contributed by atoms with Crippen molar-refractivity contribution in [2.45, 2.75) is 26.8 Å². The van der Waals surface area contributed by atoms with E-state index in [1.807, 2.05) is 38.1 Å². The summed E-state index contributed by atoms with van der Waals surface area (Å²) < 4.78 is 5.12. The zero-order valence-electron chi connectivity index (χ0n) is 12.0. The van der Waals surface area contributed by atoms with Gasteiger partial charge in [0.15, 0.2) is 0 Å². The minimum Gasteiger partial charge on any atom is -0.381 e. The Morgan fingerprint density at radius 1 is 1.25 bits per heavy atom. The Balaban J connectivity index is 1.96. The van der Waals surface area contributed by atoms with Crippen molar-refractivity contribution in [2.24, 2.45) is 0 Å². The third-order valence-electron chi connectivity index (χ3n) is 3.25. The van der Waals surface area contributed by atoms with E-state index in [1.165, 1.54) is 0 Å². The van der Waals surface area contributed by atoms with E-state index < -0.39 is 0 Å². The van der Waals surface area contributed by atoms with Gasteiger partial charge in [-0.2, -0.15) is 0 Å². The third-order valence-corrected chi connectivity index (χ3v) is 3.25. The first-order chi connectivity index (χ1) is 9.60. The smallest absolute Gasteiger partial charge is 0.224 e. The number of aryl methyl sites for hydroxylation is 2. The van der Waals surface area contributed by atoms with Crippen LogP contribution in [0.5, 0.6) is 0 Å². The number of hydrogen-bond donors (Lipinski definition) is 2. The van der Waals surface area contributed by atoms with Gasteiger partial charge in [0, 0.05) is 24.8 Å². The van der Waals surface area contributed by atoms with Crippen molar-refractivity contribution >= 4 is 11.6 Å². The molecule has 0 aliphatic heterocycles. The maximum Gasteiger partial charge on any atom is 0.224 e. The second-order valence-corrected chi connectivity index (χ2v) is 4.70. The molecule has 1 heterocycles. The van der Waals surface area contributed by atoms with E-state index in [0.29, 0.717) is 13.0 Å². The lowest BCUT2D eigenvalue weighted by atomic mass is 10.1. The van der Waals surface area contributed by atoms with Crippen LogP contribution in [0, 0.1) is 13.8 Å². The number of likely N-dealkylation sites (N-methyl/N-ethyl adjacent to an activating group) is 1. The predicted octanol–water partition coefficient (Wildman–Crippen LogP) is 2.19. The molecule has 2 N–H and O–H groups in total. The Labute approximate surface area is 118 Å². The summed E-state index contributed by atoms with van der Waals surface area (Å²) in [5, 5.41) is 9.86. The largest absolute Gasteiger partial charge is 0.381 e. The van der Waals surface area contributed by atoms with Crippen LogP contribution in [0.3, 0.4) is 0 Å². The summed E-state index contributed by atoms with van der Waals surface area (Å²) in [7, 11) is 1.64. The van der Waals surface area contributed by atoms with Crippen molar-refractivity contribution in [2.75, 3.05) is 12.4 Å². The molecule has 0 saturated heterocycles. The van der Waals surface area contributed by atoms with Crippen molar-refractivity contribution in [1.82, 2.24) is 10.5 Å². The number of carbonyl (C=O) groups excluding carboxylic acids is 1. The van der Waals surface area contributed by atoms with Crippen LogP contribution in [0.25, 0.3) is 0 Å². The molecule has 2 aromatic rings. The molecule has 0 bridgehead atoms. The maximum atomic E-state index is 11.3. The Hall–Kier alpha value is -2.30. The molecule has 0 spiro atoms. The Morgan fingerprint density at radius 2 is 1.95 bits per heavy atom. The molecule has 0 aliphatic rings. The molecule has 1 aromatic carbocycles. The van der Waals surface area contributed by atoms with E-state index in [1.54, 1.807) is 7.05 Å². The van der Waals surface area contributed by atoms with Crippen LogP contribution in [0.2, 0.25) is 0 Å². The molecule has 0 atom stereocenters. The second-order valence-electron chi connectivity index (χ2n) is 4.70. The van der Waals surface area contributed by atoms with E-state index in [4.69, 9.17) is 4.52 Å². The minimum atomic E-state index is 0.0152. The summed E-state index contributed by atoms with van der Waals surface area (Å²) in [6.45, 7) is 4.51. The van der Waals surface area contributed by atoms with Gasteiger partial charge >= 0.3 is 0 Å². The zero-order valence-corrected chi connectivity index (χ0v) is 12.0. The van der Waals surface area contributed by atoms with Gasteiger partial charge in [-0.1, -0.05) is 17.3 Å². The highest BCUT2D eigenvalue weighted by atomic mass is 16.5. The number of rotatable bonds is 5. The first kappa shape index (κ1) is 14.1. The number of nitrogens with zero attached hydrogens (tertiary/aromatic N) is 1. The van der Waals surface area contributed by atoms with Crippen LogP contribution in [0.15, 0.2) is 28.8 Å². The molecule has 20 heavy (non-hydrogen) atoms. The molecular formula is C15H19N3O2. The molecule has 0 fully saturated rings. The fourth-order valence-corrected chi connectivity index (χ4v) is 1.96. The SMILES string of the molecule is CNC(=O)Cc1ccc(NCc2c(C)noc2C)cc1. The van der Waals surface area contributed by atoms with Gasteiger partial charge in [0.25, 0.3) is 0 Å². The van der Waals surface area contributed by atoms with Crippen LogP contribution in [0.4, 0.5) is 5.69 Å². The quantitative estimate of drug-likeness (QED) is 0.876. The molecule has 0 aliphatic carbocycles. The Kier molecular flexibility index (Phi) is 4.40. The fraction of sp³-hybridized carbons (Fsp3) is 0.333. The zero-order chi connectivity index (χ0) is 14.5. The number of nitrogens with one attached hydrogen (secondary N) is 2. The normalized spacial score (nSPS) is 10.3. The highest BCUT2D eigenvalue weighted by Gasteiger charge is 2.08. The average molecular weight is 273 g/mol. The van der Waals surface area contributed by atoms with E-state index in [0.717, 1.165) is 28.3 Å². The second kappa shape index (κ2) is 6.23. The Bertz CT molecular complexity index is 568. The third kappa shape index (κ3) is 3.38. The van der Waals surface area contributed by atoms with E-state index in [-0.39, 0.29) is 5.91 Å². The van der Waals surface area contributed by atoms with Crippen LogP contribution in [-0.4, -0.2) is 18.1 Å². The first-order valence-corrected chi connectivity index (χ1v) is 6.55. The molecule has 1 aromatic heterocycles. The number of hydrogen-bond acceptors (Lipinski definition) is 4. The van der Waals surface area contributed by atoms with Crippen LogP contribution in [0.1, 0.15) is 22.6 Å². The van der Waals surface area contributed by atoms with Gasteiger partial charge in [-0.05, 0) is 31.5 Å². The number of carbonyl (C=O) groups is 1. The summed E-state index contributed by atoms with van der Waals surface area (Å²) in [4.78, 5) is 11.3.